The molecule has 0 saturated heterocycles. The molecule has 0 fully saturated rings. The summed E-state index contributed by atoms with van der Waals surface area (Å²) in [7, 11) is 0. The summed E-state index contributed by atoms with van der Waals surface area (Å²) in [6.07, 6.45) is 31.0. The molecule has 2 aliphatic carbocycles. The Morgan fingerprint density at radius 1 is 0.696 bits per heavy atom. The van der Waals surface area contributed by atoms with Gasteiger partial charge in [-0.1, -0.05) is 78.1 Å². The molecule has 0 radical (unpaired) electrons. The van der Waals surface area contributed by atoms with E-state index in [0.717, 1.165) is 12.8 Å². The van der Waals surface area contributed by atoms with Gasteiger partial charge in [-0.05, 0) is 0 Å². The zero-order valence-corrected chi connectivity index (χ0v) is 16.3. The van der Waals surface area contributed by atoms with Crippen molar-refractivity contribution in [3.63, 3.8) is 0 Å². The molecule has 0 unspecified atom stereocenters. The van der Waals surface area contributed by atoms with Crippen LogP contribution in [0.1, 0.15) is 90.9 Å². The van der Waals surface area contributed by atoms with Gasteiger partial charge in [0.25, 0.3) is 0 Å². The SMILES string of the molecule is CCCCCCC1=[C-]CC=C1.CCCCCCC1=[C-]CC=C1.[Fe+2]. The van der Waals surface area contributed by atoms with E-state index in [1.807, 2.05) is 0 Å². The second kappa shape index (κ2) is 16.3. The van der Waals surface area contributed by atoms with Crippen molar-refractivity contribution in [3.8, 4) is 0 Å². The summed E-state index contributed by atoms with van der Waals surface area (Å²) in [5, 5.41) is 0. The van der Waals surface area contributed by atoms with Crippen molar-refractivity contribution in [1.82, 2.24) is 0 Å². The number of unbranched alkanes of at least 4 members (excludes halogenated alkanes) is 6. The molecule has 0 aliphatic heterocycles. The molecule has 0 aromatic carbocycles. The predicted molar refractivity (Wildman–Crippen MR) is 98.5 cm³/mol. The average Bonchev–Trinajstić information content (AvgIpc) is 3.22. The molecular weight excluding hydrogens is 320 g/mol. The minimum atomic E-state index is 0. The van der Waals surface area contributed by atoms with E-state index in [2.05, 4.69) is 50.3 Å². The van der Waals surface area contributed by atoms with Gasteiger partial charge in [-0.3, -0.25) is 12.2 Å². The van der Waals surface area contributed by atoms with Gasteiger partial charge in [-0.2, -0.15) is 12.2 Å². The largest absolute Gasteiger partial charge is 2.00 e. The molecule has 0 heterocycles. The first-order valence-corrected chi connectivity index (χ1v) is 9.39. The zero-order chi connectivity index (χ0) is 15.9. The van der Waals surface area contributed by atoms with E-state index in [-0.39, 0.29) is 17.1 Å². The Hall–Kier alpha value is -0.521. The Morgan fingerprint density at radius 3 is 1.43 bits per heavy atom. The summed E-state index contributed by atoms with van der Waals surface area (Å²) >= 11 is 0. The van der Waals surface area contributed by atoms with Gasteiger partial charge in [-0.15, -0.1) is 12.8 Å². The molecule has 0 saturated carbocycles. The Morgan fingerprint density at radius 2 is 1.13 bits per heavy atom. The fourth-order valence-electron chi connectivity index (χ4n) is 2.73. The number of allylic oxidation sites excluding steroid dienone is 8. The zero-order valence-electron chi connectivity index (χ0n) is 15.1. The van der Waals surface area contributed by atoms with Gasteiger partial charge in [0.2, 0.25) is 0 Å². The van der Waals surface area contributed by atoms with E-state index in [4.69, 9.17) is 0 Å². The van der Waals surface area contributed by atoms with Crippen molar-refractivity contribution in [2.45, 2.75) is 90.9 Å². The van der Waals surface area contributed by atoms with Crippen molar-refractivity contribution >= 4 is 0 Å². The van der Waals surface area contributed by atoms with Gasteiger partial charge < -0.3 is 0 Å². The van der Waals surface area contributed by atoms with Crippen molar-refractivity contribution in [1.29, 1.82) is 0 Å². The van der Waals surface area contributed by atoms with E-state index in [0.29, 0.717) is 0 Å². The topological polar surface area (TPSA) is 0 Å². The minimum Gasteiger partial charge on any atom is -0.269 e. The molecule has 2 aliphatic rings. The van der Waals surface area contributed by atoms with Crippen molar-refractivity contribution in [2.75, 3.05) is 0 Å². The fourth-order valence-corrected chi connectivity index (χ4v) is 2.73. The van der Waals surface area contributed by atoms with Gasteiger partial charge in [0.15, 0.2) is 0 Å². The van der Waals surface area contributed by atoms with Gasteiger partial charge in [-0.25, -0.2) is 23.3 Å². The van der Waals surface area contributed by atoms with Crippen LogP contribution >= 0.6 is 0 Å². The number of hydrogen-bond donors (Lipinski definition) is 0. The molecule has 0 aromatic heterocycles. The standard InChI is InChI=1S/2C11H17.Fe/c2*1-2-3-4-5-8-11-9-6-7-10-11;/h2*6,9H,2-5,7-8H2,1H3;/q2*-1;+2. The van der Waals surface area contributed by atoms with E-state index in [9.17, 15) is 0 Å². The van der Waals surface area contributed by atoms with Crippen LogP contribution in [-0.4, -0.2) is 0 Å². The second-order valence-corrected chi connectivity index (χ2v) is 6.24. The smallest absolute Gasteiger partial charge is 0.269 e. The van der Waals surface area contributed by atoms with E-state index >= 15 is 0 Å². The third-order valence-electron chi connectivity index (χ3n) is 4.13. The molecule has 0 aromatic rings. The summed E-state index contributed by atoms with van der Waals surface area (Å²) in [6.45, 7) is 4.50. The molecule has 2 rings (SSSR count). The first kappa shape index (κ1) is 22.5. The molecule has 0 bridgehead atoms. The molecule has 0 spiro atoms. The Kier molecular flexibility index (Phi) is 16.0. The molecule has 0 atom stereocenters. The quantitative estimate of drug-likeness (QED) is 0.219. The van der Waals surface area contributed by atoms with Gasteiger partial charge >= 0.3 is 17.1 Å². The molecule has 0 nitrogen and oxygen atoms in total. The molecule has 0 amide bonds. The van der Waals surface area contributed by atoms with Crippen molar-refractivity contribution in [2.24, 2.45) is 0 Å². The van der Waals surface area contributed by atoms with E-state index in [1.165, 1.54) is 75.4 Å². The number of rotatable bonds is 10. The minimum absolute atomic E-state index is 0. The average molecular weight is 354 g/mol. The second-order valence-electron chi connectivity index (χ2n) is 6.24. The molecule has 0 N–H and O–H groups in total. The van der Waals surface area contributed by atoms with Crippen LogP contribution < -0.4 is 0 Å². The van der Waals surface area contributed by atoms with Gasteiger partial charge in [0.1, 0.15) is 0 Å². The first-order chi connectivity index (χ1) is 10.9. The van der Waals surface area contributed by atoms with Crippen LogP contribution in [0.5, 0.6) is 0 Å². The summed E-state index contributed by atoms with van der Waals surface area (Å²) in [4.78, 5) is 0. The summed E-state index contributed by atoms with van der Waals surface area (Å²) in [5.41, 5.74) is 2.86. The maximum atomic E-state index is 3.34. The third-order valence-corrected chi connectivity index (χ3v) is 4.13. The Labute approximate surface area is 155 Å². The molecule has 130 valence electrons. The predicted octanol–water partition coefficient (Wildman–Crippen LogP) is 7.29. The maximum absolute atomic E-state index is 3.34. The Bertz CT molecular complexity index is 347. The molecule has 1 heteroatoms. The van der Waals surface area contributed by atoms with Crippen LogP contribution in [-0.2, 0) is 17.1 Å². The van der Waals surface area contributed by atoms with Gasteiger partial charge in [0, 0.05) is 0 Å². The first-order valence-electron chi connectivity index (χ1n) is 9.39. The normalized spacial score (nSPS) is 14.9. The van der Waals surface area contributed by atoms with Crippen LogP contribution in [0.25, 0.3) is 0 Å². The van der Waals surface area contributed by atoms with E-state index < -0.39 is 0 Å². The summed E-state index contributed by atoms with van der Waals surface area (Å²) in [5.74, 6) is 0. The summed E-state index contributed by atoms with van der Waals surface area (Å²) < 4.78 is 0. The fraction of sp³-hybridized carbons (Fsp3) is 0.636. The monoisotopic (exact) mass is 354 g/mol. The molecule has 23 heavy (non-hydrogen) atoms. The number of hydrogen-bond acceptors (Lipinski definition) is 0. The van der Waals surface area contributed by atoms with Crippen molar-refractivity contribution < 1.29 is 17.1 Å². The third kappa shape index (κ3) is 12.6. The maximum Gasteiger partial charge on any atom is 2.00 e. The van der Waals surface area contributed by atoms with Crippen molar-refractivity contribution in [3.05, 3.63) is 47.6 Å². The van der Waals surface area contributed by atoms with Crippen LogP contribution in [0.15, 0.2) is 35.5 Å². The van der Waals surface area contributed by atoms with E-state index in [1.54, 1.807) is 0 Å². The van der Waals surface area contributed by atoms with Gasteiger partial charge in [0.05, 0.1) is 0 Å². The Balaban J connectivity index is 0.000000403. The molecular formula is C22H34Fe. The van der Waals surface area contributed by atoms with Crippen LogP contribution in [0.2, 0.25) is 0 Å². The van der Waals surface area contributed by atoms with Crippen LogP contribution in [0, 0.1) is 12.2 Å². The van der Waals surface area contributed by atoms with Crippen LogP contribution in [0.4, 0.5) is 0 Å². The van der Waals surface area contributed by atoms with Crippen LogP contribution in [0.3, 0.4) is 0 Å². The summed E-state index contributed by atoms with van der Waals surface area (Å²) in [6, 6.07) is 0.